The van der Waals surface area contributed by atoms with Crippen LogP contribution in [0.2, 0.25) is 20.1 Å². The normalized spacial score (nSPS) is 15.1. The molecule has 5 rings (SSSR count). The highest BCUT2D eigenvalue weighted by Crippen LogP contribution is 2.39. The molecule has 0 aliphatic carbocycles. The summed E-state index contributed by atoms with van der Waals surface area (Å²) in [5.41, 5.74) is 4.65. The zero-order chi connectivity index (χ0) is 36.3. The van der Waals surface area contributed by atoms with Crippen molar-refractivity contribution in [3.05, 3.63) is 85.5 Å². The van der Waals surface area contributed by atoms with Crippen molar-refractivity contribution in [2.75, 3.05) is 10.3 Å². The van der Waals surface area contributed by atoms with Crippen LogP contribution in [0.5, 0.6) is 0 Å². The molecule has 15 heteroatoms. The number of carbonyl (C=O) groups is 2. The molecule has 3 aromatic carbocycles. The molecule has 1 saturated heterocycles. The average Bonchev–Trinajstić information content (AvgIpc) is 3.62. The minimum atomic E-state index is -1.20. The Morgan fingerprint density at radius 1 is 0.843 bits per heavy atom. The molecule has 1 fully saturated rings. The van der Waals surface area contributed by atoms with Crippen LogP contribution in [0.3, 0.4) is 0 Å². The van der Waals surface area contributed by atoms with Crippen LogP contribution in [0.4, 0.5) is 17.1 Å². The second kappa shape index (κ2) is 18.8. The predicted octanol–water partition coefficient (Wildman–Crippen LogP) is 10.9. The molecule has 1 aromatic heterocycles. The number of aliphatic imine (C=N–C) groups is 1. The summed E-state index contributed by atoms with van der Waals surface area (Å²) in [5.74, 6) is -0.519. The summed E-state index contributed by atoms with van der Waals surface area (Å²) in [4.78, 5) is 31.7. The van der Waals surface area contributed by atoms with Gasteiger partial charge in [-0.2, -0.15) is 9.36 Å². The van der Waals surface area contributed by atoms with E-state index >= 15 is 0 Å². The third-order valence-electron chi connectivity index (χ3n) is 8.47. The van der Waals surface area contributed by atoms with E-state index in [1.807, 2.05) is 30.3 Å². The van der Waals surface area contributed by atoms with E-state index < -0.39 is 11.9 Å². The Balaban J connectivity index is 1.32. The van der Waals surface area contributed by atoms with Crippen molar-refractivity contribution in [2.45, 2.75) is 90.0 Å². The molecule has 1 atom stereocenters. The molecule has 2 N–H and O–H groups in total. The highest BCUT2D eigenvalue weighted by molar-refractivity contribution is 7.71. The molecular weight excluding hydrogens is 750 g/mol. The van der Waals surface area contributed by atoms with Gasteiger partial charge in [-0.1, -0.05) is 136 Å². The molecular formula is C36H40Cl4N8O2S. The number of nitrogens with one attached hydrogen (secondary N) is 2. The fraction of sp³-hybridized carbons (Fsp3) is 0.389. The second-order valence-corrected chi connectivity index (χ2v) is 14.4. The molecule has 10 nitrogen and oxygen atoms in total. The average molecular weight is 791 g/mol. The van der Waals surface area contributed by atoms with Gasteiger partial charge in [0.05, 0.1) is 26.4 Å². The number of rotatable bonds is 17. The van der Waals surface area contributed by atoms with Crippen LogP contribution in [0.15, 0.2) is 65.7 Å². The number of amidine groups is 1. The van der Waals surface area contributed by atoms with Crippen LogP contribution < -0.4 is 15.8 Å². The number of hydrogen-bond donors (Lipinski definition) is 2. The Morgan fingerprint density at radius 3 is 2.12 bits per heavy atom. The Kier molecular flexibility index (Phi) is 14.3. The highest BCUT2D eigenvalue weighted by atomic mass is 35.5. The molecule has 270 valence electrons. The minimum absolute atomic E-state index is 0.0964. The number of hydrogen-bond acceptors (Lipinski definition) is 6. The summed E-state index contributed by atoms with van der Waals surface area (Å²) in [6.07, 6.45) is 13.7. The Morgan fingerprint density at radius 2 is 1.47 bits per heavy atom. The van der Waals surface area contributed by atoms with Crippen molar-refractivity contribution >= 4 is 93.3 Å². The van der Waals surface area contributed by atoms with Gasteiger partial charge in [-0.15, -0.1) is 0 Å². The van der Waals surface area contributed by atoms with Crippen molar-refractivity contribution in [1.29, 1.82) is 0 Å². The number of anilines is 2. The number of carbonyl (C=O) groups excluding carboxylic acids is 2. The summed E-state index contributed by atoms with van der Waals surface area (Å²) in [7, 11) is 0. The number of halogens is 4. The molecule has 0 saturated carbocycles. The van der Waals surface area contributed by atoms with Crippen molar-refractivity contribution in [3.63, 3.8) is 0 Å². The largest absolute Gasteiger partial charge is 0.326 e. The fourth-order valence-electron chi connectivity index (χ4n) is 5.82. The lowest BCUT2D eigenvalue weighted by Gasteiger charge is -2.19. The van der Waals surface area contributed by atoms with Gasteiger partial charge in [-0.05, 0) is 71.5 Å². The first-order chi connectivity index (χ1) is 24.7. The summed E-state index contributed by atoms with van der Waals surface area (Å²) in [6.45, 7) is 2.24. The van der Waals surface area contributed by atoms with Crippen LogP contribution in [0, 0.1) is 4.77 Å². The van der Waals surface area contributed by atoms with Gasteiger partial charge in [0.25, 0.3) is 5.91 Å². The summed E-state index contributed by atoms with van der Waals surface area (Å²) >= 11 is 31.5. The Bertz CT molecular complexity index is 1890. The maximum absolute atomic E-state index is 14.1. The molecule has 51 heavy (non-hydrogen) atoms. The molecule has 2 heterocycles. The van der Waals surface area contributed by atoms with Gasteiger partial charge in [0.2, 0.25) is 10.7 Å². The minimum Gasteiger partial charge on any atom is -0.326 e. The maximum atomic E-state index is 14.1. The molecule has 0 radical (unpaired) electrons. The molecule has 0 spiro atoms. The van der Waals surface area contributed by atoms with Crippen LogP contribution >= 0.6 is 58.6 Å². The van der Waals surface area contributed by atoms with E-state index in [1.165, 1.54) is 77.9 Å². The zero-order valence-corrected chi connectivity index (χ0v) is 32.1. The van der Waals surface area contributed by atoms with E-state index in [1.54, 1.807) is 18.2 Å². The molecule has 1 unspecified atom stereocenters. The first kappa shape index (κ1) is 38.7. The number of aromatic nitrogens is 4. The third kappa shape index (κ3) is 10.1. The predicted molar refractivity (Wildman–Crippen MR) is 210 cm³/mol. The molecule has 0 bridgehead atoms. The van der Waals surface area contributed by atoms with E-state index in [9.17, 15) is 9.59 Å². The Hall–Kier alpha value is -3.48. The van der Waals surface area contributed by atoms with Gasteiger partial charge in [0, 0.05) is 17.1 Å². The molecule has 4 aromatic rings. The van der Waals surface area contributed by atoms with Crippen molar-refractivity contribution < 1.29 is 9.59 Å². The summed E-state index contributed by atoms with van der Waals surface area (Å²) in [5, 5.41) is 13.4. The van der Waals surface area contributed by atoms with Gasteiger partial charge >= 0.3 is 0 Å². The monoisotopic (exact) mass is 788 g/mol. The molecule has 1 aliphatic rings. The van der Waals surface area contributed by atoms with Crippen molar-refractivity contribution in [1.82, 2.24) is 25.2 Å². The molecule has 1 aliphatic heterocycles. The SMILES string of the molecule is CCCCCCCCCCCCCC(=O)Nc1ccc(Cl)c(N=C2NN(c3c(Cl)cc(Cl)cc3Cl)C(=O)C2n2nnn(-c3ccccc3)c2=S)c1. The van der Waals surface area contributed by atoms with Crippen molar-refractivity contribution in [3.8, 4) is 5.69 Å². The highest BCUT2D eigenvalue weighted by Gasteiger charge is 2.43. The van der Waals surface area contributed by atoms with Gasteiger partial charge < -0.3 is 5.32 Å². The smallest absolute Gasteiger partial charge is 0.278 e. The fourth-order valence-corrected chi connectivity index (χ4v) is 7.25. The topological polar surface area (TPSA) is 109 Å². The number of para-hydroxylation sites is 1. The lowest BCUT2D eigenvalue weighted by molar-refractivity contribution is -0.119. The summed E-state index contributed by atoms with van der Waals surface area (Å²) in [6, 6.07) is 15.9. The van der Waals surface area contributed by atoms with Gasteiger partial charge in [-0.3, -0.25) is 15.0 Å². The van der Waals surface area contributed by atoms with E-state index in [0.29, 0.717) is 28.5 Å². The Labute approximate surface area is 323 Å². The number of nitrogens with zero attached hydrogens (tertiary/aromatic N) is 6. The van der Waals surface area contributed by atoms with E-state index in [2.05, 4.69) is 28.1 Å². The number of tetrazole rings is 1. The van der Waals surface area contributed by atoms with E-state index in [-0.39, 0.29) is 37.3 Å². The van der Waals surface area contributed by atoms with Gasteiger partial charge in [-0.25, -0.2) is 10.0 Å². The third-order valence-corrected chi connectivity index (χ3v) is 9.95. The number of benzene rings is 3. The van der Waals surface area contributed by atoms with Crippen LogP contribution in [0.25, 0.3) is 5.69 Å². The van der Waals surface area contributed by atoms with E-state index in [0.717, 1.165) is 19.3 Å². The van der Waals surface area contributed by atoms with Gasteiger partial charge in [0.1, 0.15) is 5.69 Å². The lowest BCUT2D eigenvalue weighted by atomic mass is 10.1. The van der Waals surface area contributed by atoms with Crippen LogP contribution in [0.1, 0.15) is 90.0 Å². The second-order valence-electron chi connectivity index (χ2n) is 12.4. The standard InChI is InChI=1S/C36H40Cl4N8O2S/c1-2-3-4-5-6-7-8-9-10-11-15-18-31(49)41-25-19-20-27(38)30(23-25)42-34-33(48-36(51)46(44-45-48)26-16-13-12-14-17-26)35(50)47(43-34)32-28(39)21-24(37)22-29(32)40/h12-14,16-17,19-23,33H,2-11,15,18H2,1H3,(H,41,49)(H,42,43). The zero-order valence-electron chi connectivity index (χ0n) is 28.3. The maximum Gasteiger partial charge on any atom is 0.278 e. The van der Waals surface area contributed by atoms with E-state index in [4.69, 9.17) is 63.6 Å². The number of unbranched alkanes of at least 4 members (excludes halogenated alkanes) is 10. The van der Waals surface area contributed by atoms with Crippen LogP contribution in [-0.4, -0.2) is 37.4 Å². The number of amides is 2. The van der Waals surface area contributed by atoms with Crippen LogP contribution in [-0.2, 0) is 9.59 Å². The van der Waals surface area contributed by atoms with Crippen molar-refractivity contribution in [2.24, 2.45) is 4.99 Å². The first-order valence-electron chi connectivity index (χ1n) is 17.2. The van der Waals surface area contributed by atoms with Gasteiger partial charge in [0.15, 0.2) is 11.9 Å². The molecule has 2 amide bonds. The summed E-state index contributed by atoms with van der Waals surface area (Å²) < 4.78 is 2.85. The first-order valence-corrected chi connectivity index (χ1v) is 19.1. The number of hydrazine groups is 1. The quantitative estimate of drug-likeness (QED) is 0.0814. The lowest BCUT2D eigenvalue weighted by Crippen LogP contribution is -2.36.